The van der Waals surface area contributed by atoms with Gasteiger partial charge in [-0.3, -0.25) is 4.79 Å². The van der Waals surface area contributed by atoms with Gasteiger partial charge in [-0.2, -0.15) is 18.3 Å². The number of hydrogen-bond donors (Lipinski definition) is 1. The molecule has 0 atom stereocenters. The molecule has 0 radical (unpaired) electrons. The fourth-order valence-electron chi connectivity index (χ4n) is 5.39. The minimum atomic E-state index is -4.81. The van der Waals surface area contributed by atoms with E-state index in [0.717, 1.165) is 15.8 Å². The summed E-state index contributed by atoms with van der Waals surface area (Å²) in [5.74, 6) is -1.41. The van der Waals surface area contributed by atoms with Crippen molar-refractivity contribution < 1.29 is 26.9 Å². The molecule has 5 aromatic rings. The van der Waals surface area contributed by atoms with Crippen LogP contribution in [-0.2, 0) is 19.1 Å². The number of carbonyl (C=O) groups excluding carboxylic acids is 1. The molecule has 1 aliphatic rings. The van der Waals surface area contributed by atoms with E-state index in [-0.39, 0.29) is 47.8 Å². The van der Waals surface area contributed by atoms with Gasteiger partial charge in [0.1, 0.15) is 11.5 Å². The highest BCUT2D eigenvalue weighted by Crippen LogP contribution is 2.38. The highest BCUT2D eigenvalue weighted by atomic mass is 19.4. The van der Waals surface area contributed by atoms with Gasteiger partial charge in [0.2, 0.25) is 0 Å². The summed E-state index contributed by atoms with van der Waals surface area (Å²) in [4.78, 5) is 17.2. The Balaban J connectivity index is 1.42. The van der Waals surface area contributed by atoms with Gasteiger partial charge in [0.15, 0.2) is 17.1 Å². The van der Waals surface area contributed by atoms with E-state index in [1.807, 2.05) is 43.3 Å². The van der Waals surface area contributed by atoms with Crippen LogP contribution in [0.2, 0.25) is 0 Å². The van der Waals surface area contributed by atoms with Crippen molar-refractivity contribution in [3.63, 3.8) is 0 Å². The zero-order valence-electron chi connectivity index (χ0n) is 22.7. The Bertz CT molecular complexity index is 1820. The van der Waals surface area contributed by atoms with Gasteiger partial charge >= 0.3 is 6.18 Å². The van der Waals surface area contributed by atoms with Crippen molar-refractivity contribution in [1.82, 2.24) is 19.8 Å². The lowest BCUT2D eigenvalue weighted by molar-refractivity contribution is -0.141. The molecule has 0 aliphatic carbocycles. The molecule has 1 amide bonds. The molecule has 12 heteroatoms. The molecular formula is C30H26F4N6O2. The summed E-state index contributed by atoms with van der Waals surface area (Å²) in [5.41, 5.74) is 7.12. The highest BCUT2D eigenvalue weighted by Gasteiger charge is 2.42. The van der Waals surface area contributed by atoms with Crippen molar-refractivity contribution in [3.05, 3.63) is 89.0 Å². The standard InChI is InChI=1S/C30H26F4N6O2/c1-38(2)16-17-5-3-6-18(13-17)19-8-10-24(23(31)14-19)39-12-4-7-21-26(29(39)41)40(36-27(21)30(32,33)34)20-9-11-25-22(15-20)28(35)37-42-25/h3,5-6,8-11,13-15H,4,7,12,16H2,1-2H3,(H2,35,37). The minimum absolute atomic E-state index is 0.0248. The number of nitrogens with zero attached hydrogens (tertiary/aromatic N) is 5. The number of carbonyl (C=O) groups is 1. The van der Waals surface area contributed by atoms with Gasteiger partial charge in [0.25, 0.3) is 5.91 Å². The molecule has 42 heavy (non-hydrogen) atoms. The summed E-state index contributed by atoms with van der Waals surface area (Å²) in [7, 11) is 3.91. The molecule has 1 aliphatic heterocycles. The predicted octanol–water partition coefficient (Wildman–Crippen LogP) is 6.08. The maximum absolute atomic E-state index is 15.7. The third kappa shape index (κ3) is 4.87. The summed E-state index contributed by atoms with van der Waals surface area (Å²) < 4.78 is 64.1. The van der Waals surface area contributed by atoms with Crippen LogP contribution in [0, 0.1) is 5.82 Å². The summed E-state index contributed by atoms with van der Waals surface area (Å²) >= 11 is 0. The van der Waals surface area contributed by atoms with E-state index in [2.05, 4.69) is 10.3 Å². The van der Waals surface area contributed by atoms with E-state index in [1.54, 1.807) is 6.07 Å². The minimum Gasteiger partial charge on any atom is -0.380 e. The van der Waals surface area contributed by atoms with E-state index in [9.17, 15) is 18.0 Å². The monoisotopic (exact) mass is 578 g/mol. The molecule has 0 spiro atoms. The Morgan fingerprint density at radius 2 is 1.83 bits per heavy atom. The van der Waals surface area contributed by atoms with Crippen molar-refractivity contribution >= 4 is 28.4 Å². The number of benzene rings is 3. The van der Waals surface area contributed by atoms with Gasteiger partial charge in [0.05, 0.1) is 16.8 Å². The number of aromatic nitrogens is 3. The summed E-state index contributed by atoms with van der Waals surface area (Å²) in [6.07, 6.45) is -4.69. The van der Waals surface area contributed by atoms with Gasteiger partial charge in [-0.05, 0) is 80.0 Å². The second-order valence-corrected chi connectivity index (χ2v) is 10.5. The predicted molar refractivity (Wildman–Crippen MR) is 150 cm³/mol. The number of amides is 1. The molecule has 0 bridgehead atoms. The molecule has 0 saturated heterocycles. The lowest BCUT2D eigenvalue weighted by Gasteiger charge is -2.22. The van der Waals surface area contributed by atoms with Crippen molar-refractivity contribution in [3.8, 4) is 16.8 Å². The average Bonchev–Trinajstić information content (AvgIpc) is 3.46. The maximum Gasteiger partial charge on any atom is 0.435 e. The third-order valence-electron chi connectivity index (χ3n) is 7.23. The van der Waals surface area contributed by atoms with Gasteiger partial charge < -0.3 is 20.1 Å². The Morgan fingerprint density at radius 3 is 2.57 bits per heavy atom. The van der Waals surface area contributed by atoms with E-state index in [4.69, 9.17) is 10.3 Å². The lowest BCUT2D eigenvalue weighted by Crippen LogP contribution is -2.33. The van der Waals surface area contributed by atoms with Gasteiger partial charge in [-0.1, -0.05) is 29.4 Å². The van der Waals surface area contributed by atoms with Crippen LogP contribution in [0.3, 0.4) is 0 Å². The molecule has 2 N–H and O–H groups in total. The van der Waals surface area contributed by atoms with Crippen molar-refractivity contribution in [1.29, 1.82) is 0 Å². The number of rotatable bonds is 5. The van der Waals surface area contributed by atoms with Crippen molar-refractivity contribution in [2.45, 2.75) is 25.6 Å². The number of anilines is 2. The number of nitrogen functional groups attached to an aromatic ring is 1. The second kappa shape index (κ2) is 10.3. The van der Waals surface area contributed by atoms with E-state index in [1.165, 1.54) is 35.2 Å². The molecule has 0 unspecified atom stereocenters. The largest absolute Gasteiger partial charge is 0.435 e. The summed E-state index contributed by atoms with van der Waals surface area (Å²) in [6.45, 7) is 0.736. The number of halogens is 4. The van der Waals surface area contributed by atoms with Crippen molar-refractivity contribution in [2.75, 3.05) is 31.3 Å². The zero-order valence-corrected chi connectivity index (χ0v) is 22.7. The molecular weight excluding hydrogens is 552 g/mol. The molecule has 2 aromatic heterocycles. The van der Waals surface area contributed by atoms with Crippen LogP contribution >= 0.6 is 0 Å². The zero-order chi connectivity index (χ0) is 29.8. The van der Waals surface area contributed by atoms with E-state index >= 15 is 4.39 Å². The number of alkyl halides is 3. The summed E-state index contributed by atoms with van der Waals surface area (Å²) in [6, 6.07) is 16.6. The third-order valence-corrected chi connectivity index (χ3v) is 7.23. The molecule has 8 nitrogen and oxygen atoms in total. The normalized spacial score (nSPS) is 14.1. The van der Waals surface area contributed by atoms with Crippen LogP contribution in [0.1, 0.15) is 33.7 Å². The Labute approximate surface area is 237 Å². The smallest absolute Gasteiger partial charge is 0.380 e. The Kier molecular flexibility index (Phi) is 6.72. The number of nitrogens with two attached hydrogens (primary N) is 1. The Morgan fingerprint density at radius 1 is 1.05 bits per heavy atom. The van der Waals surface area contributed by atoms with Crippen LogP contribution in [0.5, 0.6) is 0 Å². The van der Waals surface area contributed by atoms with Crippen molar-refractivity contribution in [2.24, 2.45) is 0 Å². The average molecular weight is 579 g/mol. The fraction of sp³-hybridized carbons (Fsp3) is 0.233. The molecule has 0 saturated carbocycles. The van der Waals surface area contributed by atoms with Crippen LogP contribution in [0.25, 0.3) is 27.8 Å². The first-order valence-corrected chi connectivity index (χ1v) is 13.2. The van der Waals surface area contributed by atoms with Gasteiger partial charge in [-0.25, -0.2) is 9.07 Å². The maximum atomic E-state index is 15.7. The molecule has 6 rings (SSSR count). The van der Waals surface area contributed by atoms with E-state index < -0.39 is 23.6 Å². The molecule has 0 fully saturated rings. The Hall–Kier alpha value is -4.71. The topological polar surface area (TPSA) is 93.4 Å². The van der Waals surface area contributed by atoms with Crippen LogP contribution in [-0.4, -0.2) is 46.4 Å². The first-order valence-electron chi connectivity index (χ1n) is 13.2. The molecule has 3 heterocycles. The first-order chi connectivity index (χ1) is 20.0. The number of hydrogen-bond acceptors (Lipinski definition) is 6. The molecule has 216 valence electrons. The van der Waals surface area contributed by atoms with Gasteiger partial charge in [0, 0.05) is 18.7 Å². The fourth-order valence-corrected chi connectivity index (χ4v) is 5.39. The SMILES string of the molecule is CN(C)Cc1cccc(-c2ccc(N3CCCc4c(C(F)(F)F)nn(-c5ccc6onc(N)c6c5)c4C3=O)c(F)c2)c1. The van der Waals surface area contributed by atoms with Gasteiger partial charge in [-0.15, -0.1) is 0 Å². The van der Waals surface area contributed by atoms with Crippen LogP contribution < -0.4 is 10.6 Å². The first kappa shape index (κ1) is 27.5. The van der Waals surface area contributed by atoms with Crippen LogP contribution in [0.4, 0.5) is 29.1 Å². The quantitative estimate of drug-likeness (QED) is 0.254. The second-order valence-electron chi connectivity index (χ2n) is 10.5. The van der Waals surface area contributed by atoms with Crippen LogP contribution in [0.15, 0.2) is 65.2 Å². The lowest BCUT2D eigenvalue weighted by atomic mass is 10.0. The van der Waals surface area contributed by atoms with E-state index in [0.29, 0.717) is 23.1 Å². The summed E-state index contributed by atoms with van der Waals surface area (Å²) in [5, 5.41) is 7.87. The number of fused-ring (bicyclic) bond motifs is 2. The molecule has 3 aromatic carbocycles. The highest BCUT2D eigenvalue weighted by molar-refractivity contribution is 6.07.